The van der Waals surface area contributed by atoms with Crippen LogP contribution in [0.4, 0.5) is 5.69 Å². The monoisotopic (exact) mass is 483 g/mol. The maximum atomic E-state index is 13.2. The average molecular weight is 484 g/mol. The average Bonchev–Trinajstić information content (AvgIpc) is 2.87. The third-order valence-electron chi connectivity index (χ3n) is 4.75. The van der Waals surface area contributed by atoms with Crippen molar-refractivity contribution in [1.29, 1.82) is 0 Å². The molecule has 1 N–H and O–H groups in total. The van der Waals surface area contributed by atoms with Gasteiger partial charge < -0.3 is 14.2 Å². The number of methoxy groups -OCH3 is 3. The maximum absolute atomic E-state index is 13.2. The Morgan fingerprint density at radius 2 is 1.47 bits per heavy atom. The number of anilines is 1. The minimum absolute atomic E-state index is 0.0765. The zero-order valence-electron chi connectivity index (χ0n) is 19.0. The lowest BCUT2D eigenvalue weighted by molar-refractivity contribution is -0.119. The van der Waals surface area contributed by atoms with E-state index in [1.807, 2.05) is 0 Å². The number of hydrazone groups is 1. The molecule has 9 nitrogen and oxygen atoms in total. The zero-order valence-corrected chi connectivity index (χ0v) is 19.8. The van der Waals surface area contributed by atoms with Gasteiger partial charge in [-0.3, -0.25) is 9.10 Å². The maximum Gasteiger partial charge on any atom is 0.264 e. The highest BCUT2D eigenvalue weighted by Crippen LogP contribution is 2.37. The summed E-state index contributed by atoms with van der Waals surface area (Å²) in [6, 6.07) is 19.6. The molecule has 0 heterocycles. The number of benzene rings is 3. The fraction of sp³-hybridized carbons (Fsp3) is 0.167. The number of amides is 1. The van der Waals surface area contributed by atoms with Crippen molar-refractivity contribution < 1.29 is 27.4 Å². The van der Waals surface area contributed by atoms with E-state index in [2.05, 4.69) is 10.5 Å². The second-order valence-corrected chi connectivity index (χ2v) is 8.77. The van der Waals surface area contributed by atoms with Crippen LogP contribution >= 0.6 is 0 Å². The summed E-state index contributed by atoms with van der Waals surface area (Å²) in [6.45, 7) is -0.464. The van der Waals surface area contributed by atoms with Gasteiger partial charge in [-0.25, -0.2) is 13.8 Å². The van der Waals surface area contributed by atoms with Gasteiger partial charge in [-0.1, -0.05) is 36.4 Å². The van der Waals surface area contributed by atoms with Gasteiger partial charge in [0.05, 0.1) is 38.1 Å². The van der Waals surface area contributed by atoms with Crippen LogP contribution < -0.4 is 23.9 Å². The summed E-state index contributed by atoms with van der Waals surface area (Å²) in [5.41, 5.74) is 3.30. The van der Waals surface area contributed by atoms with Crippen molar-refractivity contribution in [3.63, 3.8) is 0 Å². The number of rotatable bonds is 10. The van der Waals surface area contributed by atoms with Crippen LogP contribution in [0, 0.1) is 0 Å². The lowest BCUT2D eigenvalue weighted by atomic mass is 10.2. The fourth-order valence-electron chi connectivity index (χ4n) is 3.15. The number of para-hydroxylation sites is 1. The number of carbonyl (C=O) groups excluding carboxylic acids is 1. The van der Waals surface area contributed by atoms with Crippen LogP contribution in [0.15, 0.2) is 82.8 Å². The van der Waals surface area contributed by atoms with E-state index < -0.39 is 22.5 Å². The molecule has 34 heavy (non-hydrogen) atoms. The molecule has 1 amide bonds. The van der Waals surface area contributed by atoms with Gasteiger partial charge in [0.15, 0.2) is 11.5 Å². The van der Waals surface area contributed by atoms with Gasteiger partial charge >= 0.3 is 0 Å². The summed E-state index contributed by atoms with van der Waals surface area (Å²) in [5, 5.41) is 3.95. The molecule has 0 unspecified atom stereocenters. The van der Waals surface area contributed by atoms with Gasteiger partial charge in [-0.2, -0.15) is 5.10 Å². The molecule has 0 saturated heterocycles. The largest absolute Gasteiger partial charge is 0.493 e. The normalized spacial score (nSPS) is 11.1. The summed E-state index contributed by atoms with van der Waals surface area (Å²) >= 11 is 0. The van der Waals surface area contributed by atoms with Crippen molar-refractivity contribution in [2.24, 2.45) is 5.10 Å². The zero-order chi connectivity index (χ0) is 24.6. The van der Waals surface area contributed by atoms with E-state index in [0.717, 1.165) is 4.31 Å². The topological polar surface area (TPSA) is 107 Å². The van der Waals surface area contributed by atoms with Gasteiger partial charge in [0.25, 0.3) is 15.9 Å². The lowest BCUT2D eigenvalue weighted by Gasteiger charge is -2.23. The smallest absolute Gasteiger partial charge is 0.264 e. The first-order valence-corrected chi connectivity index (χ1v) is 11.6. The molecule has 0 radical (unpaired) electrons. The molecule has 0 aliphatic rings. The Bertz CT molecular complexity index is 1220. The number of sulfonamides is 1. The molecule has 0 aromatic heterocycles. The Hall–Kier alpha value is -4.05. The summed E-state index contributed by atoms with van der Waals surface area (Å²) in [5.74, 6) is 0.667. The minimum atomic E-state index is -3.98. The first kappa shape index (κ1) is 24.6. The van der Waals surface area contributed by atoms with Crippen LogP contribution in [-0.2, 0) is 14.8 Å². The molecule has 0 saturated carbocycles. The number of hydrogen-bond acceptors (Lipinski definition) is 7. The first-order valence-electron chi connectivity index (χ1n) is 10.2. The summed E-state index contributed by atoms with van der Waals surface area (Å²) < 4.78 is 43.4. The van der Waals surface area contributed by atoms with Crippen molar-refractivity contribution in [2.75, 3.05) is 32.2 Å². The van der Waals surface area contributed by atoms with Crippen molar-refractivity contribution in [1.82, 2.24) is 5.43 Å². The summed E-state index contributed by atoms with van der Waals surface area (Å²) in [7, 11) is 0.501. The predicted molar refractivity (Wildman–Crippen MR) is 129 cm³/mol. The lowest BCUT2D eigenvalue weighted by Crippen LogP contribution is -2.39. The van der Waals surface area contributed by atoms with Crippen molar-refractivity contribution in [3.8, 4) is 17.2 Å². The number of carbonyl (C=O) groups is 1. The number of nitrogens with zero attached hydrogens (tertiary/aromatic N) is 2. The van der Waals surface area contributed by atoms with E-state index in [1.54, 1.807) is 60.7 Å². The third kappa shape index (κ3) is 5.65. The SMILES string of the molecule is COc1cc(/C=N\NC(=O)CN(c2ccccc2)S(=O)(=O)c2ccccc2)cc(OC)c1OC. The van der Waals surface area contributed by atoms with Crippen molar-refractivity contribution >= 4 is 27.8 Å². The van der Waals surface area contributed by atoms with Crippen LogP contribution in [0.25, 0.3) is 0 Å². The van der Waals surface area contributed by atoms with E-state index in [1.165, 1.54) is 39.7 Å². The van der Waals surface area contributed by atoms with Crippen molar-refractivity contribution in [3.05, 3.63) is 78.4 Å². The van der Waals surface area contributed by atoms with Crippen LogP contribution in [-0.4, -0.2) is 48.4 Å². The Balaban J connectivity index is 1.80. The predicted octanol–water partition coefficient (Wildman–Crippen LogP) is 3.06. The van der Waals surface area contributed by atoms with Gasteiger partial charge in [-0.05, 0) is 36.4 Å². The van der Waals surface area contributed by atoms with Crippen LogP contribution in [0.2, 0.25) is 0 Å². The molecule has 0 spiro atoms. The fourth-order valence-corrected chi connectivity index (χ4v) is 4.59. The molecular weight excluding hydrogens is 458 g/mol. The number of hydrogen-bond donors (Lipinski definition) is 1. The molecular formula is C24H25N3O6S. The second-order valence-electron chi connectivity index (χ2n) is 6.91. The molecule has 10 heteroatoms. The highest BCUT2D eigenvalue weighted by atomic mass is 32.2. The molecule has 3 rings (SSSR count). The number of ether oxygens (including phenoxy) is 3. The Morgan fingerprint density at radius 1 is 0.912 bits per heavy atom. The summed E-state index contributed by atoms with van der Waals surface area (Å²) in [4.78, 5) is 12.7. The highest BCUT2D eigenvalue weighted by Gasteiger charge is 2.26. The molecule has 3 aromatic rings. The molecule has 3 aromatic carbocycles. The summed E-state index contributed by atoms with van der Waals surface area (Å²) in [6.07, 6.45) is 1.39. The minimum Gasteiger partial charge on any atom is -0.493 e. The van der Waals surface area contributed by atoms with E-state index in [9.17, 15) is 13.2 Å². The van der Waals surface area contributed by atoms with E-state index in [4.69, 9.17) is 14.2 Å². The number of nitrogens with one attached hydrogen (secondary N) is 1. The quantitative estimate of drug-likeness (QED) is 0.351. The standard InChI is InChI=1S/C24H25N3O6S/c1-31-21-14-18(15-22(32-2)24(21)33-3)16-25-26-23(28)17-27(19-10-6-4-7-11-19)34(29,30)20-12-8-5-9-13-20/h4-16H,17H2,1-3H3,(H,26,28)/b25-16-. The van der Waals surface area contributed by atoms with Gasteiger partial charge in [0, 0.05) is 5.56 Å². The molecule has 0 bridgehead atoms. The van der Waals surface area contributed by atoms with Gasteiger partial charge in [0.1, 0.15) is 6.54 Å². The molecule has 0 fully saturated rings. The van der Waals surface area contributed by atoms with Crippen LogP contribution in [0.5, 0.6) is 17.2 Å². The van der Waals surface area contributed by atoms with E-state index >= 15 is 0 Å². The second kappa shape index (κ2) is 11.2. The third-order valence-corrected chi connectivity index (χ3v) is 6.54. The Kier molecular flexibility index (Phi) is 8.10. The van der Waals surface area contributed by atoms with E-state index in [-0.39, 0.29) is 4.90 Å². The van der Waals surface area contributed by atoms with Gasteiger partial charge in [-0.15, -0.1) is 0 Å². The van der Waals surface area contributed by atoms with Gasteiger partial charge in [0.2, 0.25) is 5.75 Å². The van der Waals surface area contributed by atoms with Crippen LogP contribution in [0.1, 0.15) is 5.56 Å². The Morgan fingerprint density at radius 3 is 2.00 bits per heavy atom. The highest BCUT2D eigenvalue weighted by molar-refractivity contribution is 7.92. The first-order chi connectivity index (χ1) is 16.4. The van der Waals surface area contributed by atoms with Crippen molar-refractivity contribution in [2.45, 2.75) is 4.90 Å². The molecule has 0 aliphatic heterocycles. The molecule has 0 atom stereocenters. The van der Waals surface area contributed by atoms with E-state index in [0.29, 0.717) is 28.5 Å². The molecule has 178 valence electrons. The van der Waals surface area contributed by atoms with Crippen LogP contribution in [0.3, 0.4) is 0 Å². The Labute approximate surface area is 198 Å². The molecule has 0 aliphatic carbocycles.